The average molecular weight is 711 g/mol. The van der Waals surface area contributed by atoms with E-state index in [1.807, 2.05) is 38.3 Å². The number of pyridine rings is 3. The zero-order valence-corrected chi connectivity index (χ0v) is 29.0. The molecule has 0 atom stereocenters. The van der Waals surface area contributed by atoms with Gasteiger partial charge < -0.3 is 34.3 Å². The molecular weight excluding hydrogens is 676 g/mol. The molecular formula is C39H34N8O6. The molecule has 2 amide bonds. The van der Waals surface area contributed by atoms with Crippen molar-refractivity contribution in [1.29, 1.82) is 0 Å². The van der Waals surface area contributed by atoms with Gasteiger partial charge in [-0.25, -0.2) is 9.78 Å². The van der Waals surface area contributed by atoms with Crippen LogP contribution in [0.25, 0.3) is 50.5 Å². The molecule has 7 aromatic rings. The van der Waals surface area contributed by atoms with E-state index in [2.05, 4.69) is 37.2 Å². The highest BCUT2D eigenvalue weighted by Gasteiger charge is 2.25. The van der Waals surface area contributed by atoms with Gasteiger partial charge in [-0.3, -0.25) is 14.3 Å². The Kier molecular flexibility index (Phi) is 8.33. The second-order valence-electron chi connectivity index (χ2n) is 13.1. The molecule has 0 spiro atoms. The normalized spacial score (nSPS) is 12.3. The Morgan fingerprint density at radius 1 is 1.04 bits per heavy atom. The molecule has 3 N–H and O–H groups in total. The zero-order valence-electron chi connectivity index (χ0n) is 29.0. The molecule has 0 aliphatic carbocycles. The number of phenols is 2. The Bertz CT molecular complexity index is 2590. The van der Waals surface area contributed by atoms with Crippen molar-refractivity contribution in [1.82, 2.24) is 39.3 Å². The summed E-state index contributed by atoms with van der Waals surface area (Å²) < 4.78 is 14.7. The van der Waals surface area contributed by atoms with Gasteiger partial charge in [0, 0.05) is 61.1 Å². The number of nitrogens with one attached hydrogen (secondary N) is 1. The number of nitrogens with zero attached hydrogens (tertiary/aromatic N) is 7. The highest BCUT2D eigenvalue weighted by Crippen LogP contribution is 2.38. The van der Waals surface area contributed by atoms with Crippen molar-refractivity contribution in [2.45, 2.75) is 26.4 Å². The first-order valence-electron chi connectivity index (χ1n) is 16.9. The van der Waals surface area contributed by atoms with E-state index in [9.17, 15) is 19.8 Å². The lowest BCUT2D eigenvalue weighted by Crippen LogP contribution is -2.38. The molecule has 0 fully saturated rings. The molecule has 0 radical (unpaired) electrons. The van der Waals surface area contributed by atoms with Crippen LogP contribution in [0.5, 0.6) is 17.2 Å². The smallest absolute Gasteiger partial charge is 0.415 e. The van der Waals surface area contributed by atoms with Crippen LogP contribution in [0.1, 0.15) is 47.1 Å². The number of benzene rings is 2. The molecule has 2 aromatic carbocycles. The van der Waals surface area contributed by atoms with Gasteiger partial charge in [0.15, 0.2) is 5.82 Å². The monoisotopic (exact) mass is 710 g/mol. The van der Waals surface area contributed by atoms with Gasteiger partial charge in [-0.2, -0.15) is 0 Å². The van der Waals surface area contributed by atoms with Gasteiger partial charge in [-0.1, -0.05) is 13.8 Å². The van der Waals surface area contributed by atoms with Crippen molar-refractivity contribution in [3.05, 3.63) is 108 Å². The van der Waals surface area contributed by atoms with E-state index in [1.165, 1.54) is 15.5 Å². The van der Waals surface area contributed by atoms with E-state index in [1.54, 1.807) is 56.0 Å². The third-order valence-electron chi connectivity index (χ3n) is 9.18. The summed E-state index contributed by atoms with van der Waals surface area (Å²) in [5.74, 6) is -0.400. The van der Waals surface area contributed by atoms with E-state index < -0.39 is 12.0 Å². The lowest BCUT2D eigenvalue weighted by atomic mass is 9.98. The first-order valence-corrected chi connectivity index (χ1v) is 16.9. The average Bonchev–Trinajstić information content (AvgIpc) is 3.74. The van der Waals surface area contributed by atoms with Crippen LogP contribution in [0.15, 0.2) is 85.6 Å². The molecule has 14 heteroatoms. The Hall–Kier alpha value is -6.96. The van der Waals surface area contributed by atoms with Crippen molar-refractivity contribution in [2.75, 3.05) is 20.1 Å². The fourth-order valence-corrected chi connectivity index (χ4v) is 6.40. The lowest BCUT2D eigenvalue weighted by molar-refractivity contribution is 0.0935. The third-order valence-corrected chi connectivity index (χ3v) is 9.18. The van der Waals surface area contributed by atoms with Crippen LogP contribution in [-0.2, 0) is 11.3 Å². The highest BCUT2D eigenvalue weighted by atomic mass is 16.6. The van der Waals surface area contributed by atoms with Gasteiger partial charge in [0.1, 0.15) is 23.9 Å². The van der Waals surface area contributed by atoms with Crippen molar-refractivity contribution in [3.8, 4) is 34.3 Å². The Morgan fingerprint density at radius 3 is 2.72 bits per heavy atom. The van der Waals surface area contributed by atoms with Gasteiger partial charge in [0.2, 0.25) is 5.82 Å². The summed E-state index contributed by atoms with van der Waals surface area (Å²) in [7, 11) is 1.57. The standard InChI is InChI=1S/C39H34N8O6/c1-22(2)29-16-30(34(49)17-33(29)48)36-43-44-37(47(36)27-5-4-9-40-18-27)38(50)41-10-11-45(3)39(51)53-28-6-7-31-24(14-28)13-25-19-46-20-26-21-52-12-8-23(26)15-32(46)35(25)42-31/h4-9,12-20,22,48-49H,10-11,21H2,1-3H3,(H,41,50). The summed E-state index contributed by atoms with van der Waals surface area (Å²) in [5.41, 5.74) is 6.20. The number of aromatic nitrogens is 6. The van der Waals surface area contributed by atoms with Crippen LogP contribution in [-0.4, -0.2) is 76.4 Å². The summed E-state index contributed by atoms with van der Waals surface area (Å²) in [6.07, 6.45) is 10.3. The number of hydrogen-bond donors (Lipinski definition) is 3. The van der Waals surface area contributed by atoms with Crippen LogP contribution in [0.2, 0.25) is 0 Å². The molecule has 6 heterocycles. The third kappa shape index (κ3) is 6.20. The van der Waals surface area contributed by atoms with Crippen molar-refractivity contribution in [3.63, 3.8) is 0 Å². The molecule has 1 aliphatic rings. The maximum atomic E-state index is 13.5. The van der Waals surface area contributed by atoms with Crippen LogP contribution >= 0.6 is 0 Å². The van der Waals surface area contributed by atoms with Crippen LogP contribution in [0, 0.1) is 0 Å². The number of ether oxygens (including phenoxy) is 2. The molecule has 0 saturated carbocycles. The Labute approximate surface area is 302 Å². The van der Waals surface area contributed by atoms with Crippen molar-refractivity contribution < 1.29 is 29.3 Å². The van der Waals surface area contributed by atoms with E-state index >= 15 is 0 Å². The van der Waals surface area contributed by atoms with E-state index in [-0.39, 0.29) is 47.7 Å². The van der Waals surface area contributed by atoms with Gasteiger partial charge in [-0.05, 0) is 71.7 Å². The largest absolute Gasteiger partial charge is 0.508 e. The SMILES string of the molecule is CC(C)c1cc(-c2nnc(C(=O)NCCN(C)C(=O)Oc3ccc4nc5c(cc4c3)cn3cc4c(cc53)C=COC4)n2-c2cccnc2)c(O)cc1O. The zero-order chi connectivity index (χ0) is 36.8. The summed E-state index contributed by atoms with van der Waals surface area (Å²) in [4.78, 5) is 37.0. The van der Waals surface area contributed by atoms with E-state index in [4.69, 9.17) is 14.5 Å². The number of fused-ring (bicyclic) bond motifs is 5. The molecule has 0 saturated heterocycles. The number of rotatable bonds is 8. The molecule has 53 heavy (non-hydrogen) atoms. The second kappa shape index (κ2) is 13.3. The van der Waals surface area contributed by atoms with Gasteiger partial charge in [0.05, 0.1) is 40.3 Å². The summed E-state index contributed by atoms with van der Waals surface area (Å²) in [5, 5.41) is 34.1. The number of hydrogen-bond acceptors (Lipinski definition) is 10. The maximum Gasteiger partial charge on any atom is 0.415 e. The quantitative estimate of drug-likeness (QED) is 0.166. The summed E-state index contributed by atoms with van der Waals surface area (Å²) in [6, 6.07) is 15.7. The Balaban J connectivity index is 0.960. The predicted octanol–water partition coefficient (Wildman–Crippen LogP) is 6.18. The van der Waals surface area contributed by atoms with Crippen molar-refractivity contribution >= 4 is 45.4 Å². The molecule has 0 unspecified atom stereocenters. The number of phenolic OH excluding ortho intramolecular Hbond substituents is 2. The summed E-state index contributed by atoms with van der Waals surface area (Å²) >= 11 is 0. The molecule has 266 valence electrons. The van der Waals surface area contributed by atoms with Gasteiger partial charge >= 0.3 is 6.09 Å². The molecule has 8 rings (SSSR count). The minimum atomic E-state index is -0.604. The second-order valence-corrected chi connectivity index (χ2v) is 13.1. The van der Waals surface area contributed by atoms with E-state index in [0.717, 1.165) is 38.4 Å². The summed E-state index contributed by atoms with van der Waals surface area (Å²) in [6.45, 7) is 4.55. The van der Waals surface area contributed by atoms with Crippen LogP contribution in [0.4, 0.5) is 4.79 Å². The molecule has 1 aliphatic heterocycles. The first kappa shape index (κ1) is 33.2. The minimum Gasteiger partial charge on any atom is -0.508 e. The van der Waals surface area contributed by atoms with Crippen LogP contribution < -0.4 is 10.1 Å². The number of aromatic hydroxyl groups is 2. The molecule has 5 aromatic heterocycles. The lowest BCUT2D eigenvalue weighted by Gasteiger charge is -2.17. The fraction of sp³-hybridized carbons (Fsp3) is 0.179. The predicted molar refractivity (Wildman–Crippen MR) is 197 cm³/mol. The van der Waals surface area contributed by atoms with Crippen molar-refractivity contribution in [2.24, 2.45) is 0 Å². The number of carbonyl (C=O) groups excluding carboxylic acids is 2. The first-order chi connectivity index (χ1) is 25.6. The maximum absolute atomic E-state index is 13.5. The van der Waals surface area contributed by atoms with Gasteiger partial charge in [-0.15, -0.1) is 10.2 Å². The van der Waals surface area contributed by atoms with Gasteiger partial charge in [0.25, 0.3) is 5.91 Å². The number of carbonyl (C=O) groups is 2. The van der Waals surface area contributed by atoms with Crippen LogP contribution in [0.3, 0.4) is 0 Å². The number of likely N-dealkylation sites (N-methyl/N-ethyl adjacent to an activating group) is 1. The minimum absolute atomic E-state index is 0.0495. The Morgan fingerprint density at radius 2 is 1.91 bits per heavy atom. The van der Waals surface area contributed by atoms with E-state index in [0.29, 0.717) is 23.6 Å². The highest BCUT2D eigenvalue weighted by molar-refractivity contribution is 6.01. The molecule has 0 bridgehead atoms. The number of amides is 2. The topological polar surface area (TPSA) is 169 Å². The molecule has 14 nitrogen and oxygen atoms in total. The fourth-order valence-electron chi connectivity index (χ4n) is 6.40.